The molecule has 1 unspecified atom stereocenters. The molecule has 0 bridgehead atoms. The Balaban J connectivity index is 2.49. The van der Waals surface area contributed by atoms with E-state index < -0.39 is 0 Å². The maximum atomic E-state index is 6.37. The average molecular weight is 293 g/mol. The van der Waals surface area contributed by atoms with Crippen molar-refractivity contribution in [2.45, 2.75) is 39.8 Å². The zero-order chi connectivity index (χ0) is 14.5. The third-order valence-electron chi connectivity index (χ3n) is 3.34. The summed E-state index contributed by atoms with van der Waals surface area (Å²) in [5.74, 6) is 0. The van der Waals surface area contributed by atoms with Gasteiger partial charge in [0.05, 0.1) is 23.0 Å². The molecule has 20 heavy (non-hydrogen) atoms. The number of rotatable bonds is 6. The van der Waals surface area contributed by atoms with Crippen molar-refractivity contribution in [1.29, 1.82) is 0 Å². The van der Waals surface area contributed by atoms with E-state index in [-0.39, 0.29) is 6.04 Å². The third-order valence-corrected chi connectivity index (χ3v) is 3.63. The number of hydrogen-bond acceptors (Lipinski definition) is 3. The topological polar surface area (TPSA) is 42.7 Å². The van der Waals surface area contributed by atoms with Gasteiger partial charge in [-0.2, -0.15) is 5.10 Å². The monoisotopic (exact) mass is 292 g/mol. The molecule has 0 spiro atoms. The van der Waals surface area contributed by atoms with Crippen molar-refractivity contribution >= 4 is 11.6 Å². The van der Waals surface area contributed by atoms with Gasteiger partial charge in [-0.15, -0.1) is 0 Å². The molecule has 2 aromatic heterocycles. The molecule has 0 fully saturated rings. The lowest BCUT2D eigenvalue weighted by Gasteiger charge is -2.21. The Bertz CT molecular complexity index is 565. The molecule has 2 heterocycles. The van der Waals surface area contributed by atoms with Crippen LogP contribution in [0.3, 0.4) is 0 Å². The SMILES string of the molecule is CCCn1ncc(Cl)c1C(NCC)c1cnccc1C. The first-order chi connectivity index (χ1) is 9.69. The fourth-order valence-corrected chi connectivity index (χ4v) is 2.64. The Kier molecular flexibility index (Phi) is 5.15. The lowest BCUT2D eigenvalue weighted by atomic mass is 10.0. The summed E-state index contributed by atoms with van der Waals surface area (Å²) < 4.78 is 1.99. The summed E-state index contributed by atoms with van der Waals surface area (Å²) in [6, 6.07) is 2.05. The standard InChI is InChI=1S/C15H21ClN4/c1-4-8-20-15(13(16)10-19-20)14(18-5-2)12-9-17-7-6-11(12)3/h6-7,9-10,14,18H,4-5,8H2,1-3H3. The van der Waals surface area contributed by atoms with Crippen LogP contribution in [0.25, 0.3) is 0 Å². The number of pyridine rings is 1. The average Bonchev–Trinajstić information content (AvgIpc) is 2.79. The van der Waals surface area contributed by atoms with Crippen molar-refractivity contribution in [2.24, 2.45) is 0 Å². The van der Waals surface area contributed by atoms with Crippen LogP contribution < -0.4 is 5.32 Å². The van der Waals surface area contributed by atoms with Crippen molar-refractivity contribution in [3.05, 3.63) is 46.5 Å². The summed E-state index contributed by atoms with van der Waals surface area (Å²) >= 11 is 6.37. The molecule has 0 saturated heterocycles. The molecule has 1 N–H and O–H groups in total. The van der Waals surface area contributed by atoms with Crippen LogP contribution in [0.15, 0.2) is 24.7 Å². The molecule has 0 saturated carbocycles. The highest BCUT2D eigenvalue weighted by Gasteiger charge is 2.22. The third kappa shape index (κ3) is 3.02. The van der Waals surface area contributed by atoms with E-state index in [0.717, 1.165) is 30.8 Å². The van der Waals surface area contributed by atoms with Gasteiger partial charge in [-0.1, -0.05) is 25.4 Å². The van der Waals surface area contributed by atoms with Gasteiger partial charge < -0.3 is 5.32 Å². The number of halogens is 1. The lowest BCUT2D eigenvalue weighted by molar-refractivity contribution is 0.519. The van der Waals surface area contributed by atoms with Gasteiger partial charge in [0.2, 0.25) is 0 Å². The van der Waals surface area contributed by atoms with Crippen LogP contribution in [0.5, 0.6) is 0 Å². The van der Waals surface area contributed by atoms with E-state index in [1.165, 1.54) is 5.56 Å². The molecule has 0 amide bonds. The van der Waals surface area contributed by atoms with E-state index in [0.29, 0.717) is 5.02 Å². The predicted molar refractivity (Wildman–Crippen MR) is 82.0 cm³/mol. The Morgan fingerprint density at radius 2 is 2.15 bits per heavy atom. The molecule has 0 aliphatic carbocycles. The van der Waals surface area contributed by atoms with Gasteiger partial charge in [0.1, 0.15) is 0 Å². The molecule has 108 valence electrons. The van der Waals surface area contributed by atoms with Gasteiger partial charge in [-0.25, -0.2) is 0 Å². The summed E-state index contributed by atoms with van der Waals surface area (Å²) in [5.41, 5.74) is 3.37. The second-order valence-corrected chi connectivity index (χ2v) is 5.23. The normalized spacial score (nSPS) is 12.6. The minimum absolute atomic E-state index is 0.0234. The van der Waals surface area contributed by atoms with Crippen molar-refractivity contribution < 1.29 is 0 Å². The minimum atomic E-state index is 0.0234. The highest BCUT2D eigenvalue weighted by atomic mass is 35.5. The molecule has 0 aliphatic rings. The van der Waals surface area contributed by atoms with E-state index in [1.54, 1.807) is 6.20 Å². The zero-order valence-corrected chi connectivity index (χ0v) is 13.0. The quantitative estimate of drug-likeness (QED) is 0.888. The highest BCUT2D eigenvalue weighted by Crippen LogP contribution is 2.29. The van der Waals surface area contributed by atoms with Gasteiger partial charge in [0.15, 0.2) is 0 Å². The summed E-state index contributed by atoms with van der Waals surface area (Å²) in [6.45, 7) is 8.04. The van der Waals surface area contributed by atoms with Crippen LogP contribution in [0, 0.1) is 6.92 Å². The fraction of sp³-hybridized carbons (Fsp3) is 0.467. The van der Waals surface area contributed by atoms with Crippen LogP contribution in [0.1, 0.15) is 43.1 Å². The molecule has 0 aliphatic heterocycles. The second kappa shape index (κ2) is 6.86. The van der Waals surface area contributed by atoms with Crippen LogP contribution in [0.4, 0.5) is 0 Å². The Labute approximate surface area is 125 Å². The summed E-state index contributed by atoms with van der Waals surface area (Å²) in [5, 5.41) is 8.59. The summed E-state index contributed by atoms with van der Waals surface area (Å²) in [4.78, 5) is 4.25. The first-order valence-electron chi connectivity index (χ1n) is 7.04. The molecular weight excluding hydrogens is 272 g/mol. The molecule has 0 radical (unpaired) electrons. The van der Waals surface area contributed by atoms with Crippen LogP contribution in [-0.2, 0) is 6.54 Å². The molecule has 2 rings (SSSR count). The van der Waals surface area contributed by atoms with Crippen molar-refractivity contribution in [3.8, 4) is 0 Å². The smallest absolute Gasteiger partial charge is 0.0837 e. The van der Waals surface area contributed by atoms with Gasteiger partial charge in [0.25, 0.3) is 0 Å². The van der Waals surface area contributed by atoms with Gasteiger partial charge in [0, 0.05) is 18.9 Å². The molecule has 4 nitrogen and oxygen atoms in total. The first-order valence-corrected chi connectivity index (χ1v) is 7.41. The van der Waals surface area contributed by atoms with Crippen LogP contribution in [0.2, 0.25) is 5.02 Å². The van der Waals surface area contributed by atoms with Crippen LogP contribution in [-0.4, -0.2) is 21.3 Å². The Morgan fingerprint density at radius 3 is 2.80 bits per heavy atom. The largest absolute Gasteiger partial charge is 0.305 e. The maximum absolute atomic E-state index is 6.37. The number of nitrogens with one attached hydrogen (secondary N) is 1. The van der Waals surface area contributed by atoms with E-state index in [9.17, 15) is 0 Å². The Hall–Kier alpha value is -1.39. The number of aromatic nitrogens is 3. The lowest BCUT2D eigenvalue weighted by Crippen LogP contribution is -2.26. The first kappa shape index (κ1) is 15.0. The number of hydrogen-bond donors (Lipinski definition) is 1. The fourth-order valence-electron chi connectivity index (χ4n) is 2.39. The number of aryl methyl sites for hydroxylation is 2. The van der Waals surface area contributed by atoms with Crippen LogP contribution >= 0.6 is 11.6 Å². The molecule has 1 atom stereocenters. The zero-order valence-electron chi connectivity index (χ0n) is 12.2. The van der Waals surface area contributed by atoms with Crippen molar-refractivity contribution in [1.82, 2.24) is 20.1 Å². The predicted octanol–water partition coefficient (Wildman–Crippen LogP) is 3.35. The molecular formula is C15H21ClN4. The van der Waals surface area contributed by atoms with Crippen molar-refractivity contribution in [3.63, 3.8) is 0 Å². The van der Waals surface area contributed by atoms with Gasteiger partial charge >= 0.3 is 0 Å². The Morgan fingerprint density at radius 1 is 1.35 bits per heavy atom. The van der Waals surface area contributed by atoms with E-state index in [2.05, 4.69) is 36.2 Å². The summed E-state index contributed by atoms with van der Waals surface area (Å²) in [6.07, 6.45) is 6.47. The molecule has 2 aromatic rings. The minimum Gasteiger partial charge on any atom is -0.305 e. The summed E-state index contributed by atoms with van der Waals surface area (Å²) in [7, 11) is 0. The van der Waals surface area contributed by atoms with E-state index in [1.807, 2.05) is 23.1 Å². The van der Waals surface area contributed by atoms with Gasteiger partial charge in [-0.3, -0.25) is 9.67 Å². The second-order valence-electron chi connectivity index (χ2n) is 4.82. The van der Waals surface area contributed by atoms with E-state index >= 15 is 0 Å². The number of nitrogens with zero attached hydrogens (tertiary/aromatic N) is 3. The van der Waals surface area contributed by atoms with E-state index in [4.69, 9.17) is 11.6 Å². The molecule has 0 aromatic carbocycles. The maximum Gasteiger partial charge on any atom is 0.0837 e. The highest BCUT2D eigenvalue weighted by molar-refractivity contribution is 6.31. The molecule has 5 heteroatoms. The van der Waals surface area contributed by atoms with Gasteiger partial charge in [-0.05, 0) is 37.1 Å². The van der Waals surface area contributed by atoms with Crippen molar-refractivity contribution in [2.75, 3.05) is 6.54 Å².